The van der Waals surface area contributed by atoms with Crippen LogP contribution in [0.25, 0.3) is 0 Å². The summed E-state index contributed by atoms with van der Waals surface area (Å²) in [4.78, 5) is 3.29. The van der Waals surface area contributed by atoms with E-state index >= 15 is 0 Å². The molecule has 2 rings (SSSR count). The first-order valence-electron chi connectivity index (χ1n) is 8.03. The summed E-state index contributed by atoms with van der Waals surface area (Å²) in [6.07, 6.45) is 2.24. The first-order valence-corrected chi connectivity index (χ1v) is 8.03. The van der Waals surface area contributed by atoms with Gasteiger partial charge in [0.15, 0.2) is 0 Å². The summed E-state index contributed by atoms with van der Waals surface area (Å²) in [7, 11) is 2.28. The molecule has 1 aliphatic rings. The molecule has 0 saturated carbocycles. The van der Waals surface area contributed by atoms with Crippen molar-refractivity contribution in [3.63, 3.8) is 0 Å². The van der Waals surface area contributed by atoms with Crippen LogP contribution in [0.3, 0.4) is 0 Å². The molecular weight excluding hydrogens is 252 g/mol. The van der Waals surface area contributed by atoms with Gasteiger partial charge in [0.05, 0.1) is 7.05 Å². The van der Waals surface area contributed by atoms with Crippen molar-refractivity contribution in [2.45, 2.75) is 46.2 Å². The van der Waals surface area contributed by atoms with Crippen molar-refractivity contribution < 1.29 is 9.80 Å². The molecule has 2 heterocycles. The minimum Gasteiger partial charge on any atom is -0.328 e. The molecule has 1 aromatic heterocycles. The summed E-state index contributed by atoms with van der Waals surface area (Å²) in [6, 6.07) is 0.449. The predicted octanol–water partition coefficient (Wildman–Crippen LogP) is -1.42. The summed E-state index contributed by atoms with van der Waals surface area (Å²) >= 11 is 0. The molecule has 0 aliphatic carbocycles. The van der Waals surface area contributed by atoms with Crippen LogP contribution in [0.5, 0.6) is 0 Å². The molecule has 1 atom stereocenters. The van der Waals surface area contributed by atoms with Crippen molar-refractivity contribution >= 4 is 0 Å². The Bertz CT molecular complexity index is 394. The fourth-order valence-electron chi connectivity index (χ4n) is 3.00. The Morgan fingerprint density at radius 3 is 2.50 bits per heavy atom. The lowest BCUT2D eigenvalue weighted by atomic mass is 10.1. The van der Waals surface area contributed by atoms with Gasteiger partial charge in [-0.2, -0.15) is 0 Å². The number of hydrogen-bond donors (Lipinski definition) is 2. The van der Waals surface area contributed by atoms with Crippen LogP contribution in [0.2, 0.25) is 0 Å². The third-order valence-electron chi connectivity index (χ3n) is 4.44. The van der Waals surface area contributed by atoms with Crippen molar-refractivity contribution in [2.24, 2.45) is 5.92 Å². The highest BCUT2D eigenvalue weighted by Crippen LogP contribution is 2.11. The second-order valence-corrected chi connectivity index (χ2v) is 6.52. The number of aryl methyl sites for hydroxylation is 1. The minimum atomic E-state index is 0.449. The maximum absolute atomic E-state index is 4.33. The van der Waals surface area contributed by atoms with Crippen molar-refractivity contribution in [2.75, 3.05) is 33.2 Å². The molecule has 0 radical (unpaired) electrons. The fraction of sp³-hybridized carbons (Fsp3) is 0.929. The van der Waals surface area contributed by atoms with E-state index < -0.39 is 0 Å². The third kappa shape index (κ3) is 3.76. The fourth-order valence-corrected chi connectivity index (χ4v) is 3.00. The van der Waals surface area contributed by atoms with Crippen LogP contribution in [0.15, 0.2) is 0 Å². The van der Waals surface area contributed by atoms with E-state index in [1.165, 1.54) is 26.2 Å². The average Bonchev–Trinajstić information content (AvgIpc) is 2.88. The SMILES string of the molecule is CC[C@@H](c1nnnn1CCC(C)C)[NH+]1CC[NH+](C)CC1. The standard InChI is InChI=1S/C14H28N6/c1-5-13(19-10-8-18(4)9-11-19)14-15-16-17-20(14)7-6-12(2)3/h12-13H,5-11H2,1-4H3/p+2/t13-/m0/s1. The molecule has 0 amide bonds. The zero-order valence-corrected chi connectivity index (χ0v) is 13.4. The first kappa shape index (κ1) is 15.4. The molecular formula is C14H30N6+2. The summed E-state index contributed by atoms with van der Waals surface area (Å²) in [6.45, 7) is 12.6. The van der Waals surface area contributed by atoms with Crippen LogP contribution in [-0.4, -0.2) is 53.4 Å². The molecule has 1 aliphatic heterocycles. The quantitative estimate of drug-likeness (QED) is 0.674. The van der Waals surface area contributed by atoms with Crippen LogP contribution >= 0.6 is 0 Å². The van der Waals surface area contributed by atoms with E-state index in [1.54, 1.807) is 9.80 Å². The number of tetrazole rings is 1. The average molecular weight is 282 g/mol. The van der Waals surface area contributed by atoms with Gasteiger partial charge in [-0.3, -0.25) is 0 Å². The van der Waals surface area contributed by atoms with Gasteiger partial charge < -0.3 is 9.80 Å². The zero-order chi connectivity index (χ0) is 14.5. The predicted molar refractivity (Wildman–Crippen MR) is 77.6 cm³/mol. The zero-order valence-electron chi connectivity index (χ0n) is 13.4. The van der Waals surface area contributed by atoms with Crippen molar-refractivity contribution in [3.8, 4) is 0 Å². The van der Waals surface area contributed by atoms with Crippen molar-refractivity contribution in [3.05, 3.63) is 5.82 Å². The molecule has 20 heavy (non-hydrogen) atoms. The number of quaternary nitrogens is 2. The molecule has 2 N–H and O–H groups in total. The summed E-state index contributed by atoms with van der Waals surface area (Å²) in [5.74, 6) is 1.77. The number of nitrogens with zero attached hydrogens (tertiary/aromatic N) is 4. The summed E-state index contributed by atoms with van der Waals surface area (Å²) in [5.41, 5.74) is 0. The van der Waals surface area contributed by atoms with Crippen LogP contribution in [0.4, 0.5) is 0 Å². The van der Waals surface area contributed by atoms with Gasteiger partial charge in [0, 0.05) is 13.0 Å². The molecule has 1 fully saturated rings. The molecule has 0 aromatic carbocycles. The highest BCUT2D eigenvalue weighted by atomic mass is 15.5. The smallest absolute Gasteiger partial charge is 0.209 e. The monoisotopic (exact) mass is 282 g/mol. The van der Waals surface area contributed by atoms with Gasteiger partial charge in [0.1, 0.15) is 32.2 Å². The van der Waals surface area contributed by atoms with Gasteiger partial charge in [-0.15, -0.1) is 5.10 Å². The van der Waals surface area contributed by atoms with Crippen molar-refractivity contribution in [1.29, 1.82) is 0 Å². The number of likely N-dealkylation sites (N-methyl/N-ethyl adjacent to an activating group) is 1. The van der Waals surface area contributed by atoms with E-state index in [1.807, 2.05) is 4.68 Å². The highest BCUT2D eigenvalue weighted by Gasteiger charge is 2.31. The molecule has 0 bridgehead atoms. The lowest BCUT2D eigenvalue weighted by Gasteiger charge is -2.32. The van der Waals surface area contributed by atoms with Gasteiger partial charge in [0.2, 0.25) is 5.82 Å². The van der Waals surface area contributed by atoms with Gasteiger partial charge in [-0.25, -0.2) is 4.68 Å². The molecule has 114 valence electrons. The number of aromatic nitrogens is 4. The highest BCUT2D eigenvalue weighted by molar-refractivity contribution is 4.87. The van der Waals surface area contributed by atoms with E-state index in [0.717, 1.165) is 25.2 Å². The Balaban J connectivity index is 2.05. The second-order valence-electron chi connectivity index (χ2n) is 6.52. The number of hydrogen-bond acceptors (Lipinski definition) is 3. The van der Waals surface area contributed by atoms with E-state index in [9.17, 15) is 0 Å². The molecule has 0 unspecified atom stereocenters. The van der Waals surface area contributed by atoms with E-state index in [-0.39, 0.29) is 0 Å². The largest absolute Gasteiger partial charge is 0.328 e. The second kappa shape index (κ2) is 7.13. The lowest BCUT2D eigenvalue weighted by Crippen LogP contribution is -3.27. The Hall–Kier alpha value is -1.01. The maximum Gasteiger partial charge on any atom is 0.209 e. The van der Waals surface area contributed by atoms with Gasteiger partial charge in [-0.1, -0.05) is 20.8 Å². The number of piperazine rings is 1. The van der Waals surface area contributed by atoms with Crippen LogP contribution in [0, 0.1) is 5.92 Å². The third-order valence-corrected chi connectivity index (χ3v) is 4.44. The summed E-state index contributed by atoms with van der Waals surface area (Å²) < 4.78 is 2.03. The molecule has 1 saturated heterocycles. The number of rotatable bonds is 6. The Morgan fingerprint density at radius 2 is 1.90 bits per heavy atom. The molecule has 0 spiro atoms. The van der Waals surface area contributed by atoms with Gasteiger partial charge in [0.25, 0.3) is 0 Å². The van der Waals surface area contributed by atoms with E-state index in [4.69, 9.17) is 0 Å². The Kier molecular flexibility index (Phi) is 5.48. The first-order chi connectivity index (χ1) is 9.61. The van der Waals surface area contributed by atoms with Gasteiger partial charge >= 0.3 is 0 Å². The Morgan fingerprint density at radius 1 is 1.20 bits per heavy atom. The van der Waals surface area contributed by atoms with Gasteiger partial charge in [-0.05, 0) is 22.8 Å². The lowest BCUT2D eigenvalue weighted by molar-refractivity contribution is -1.02. The van der Waals surface area contributed by atoms with Crippen LogP contribution < -0.4 is 9.80 Å². The van der Waals surface area contributed by atoms with Crippen LogP contribution in [0.1, 0.15) is 45.5 Å². The van der Waals surface area contributed by atoms with E-state index in [2.05, 4.69) is 43.3 Å². The number of nitrogens with one attached hydrogen (secondary N) is 2. The summed E-state index contributed by atoms with van der Waals surface area (Å²) in [5, 5.41) is 12.5. The topological polar surface area (TPSA) is 52.5 Å². The molecule has 6 nitrogen and oxygen atoms in total. The Labute approximate surface area is 122 Å². The molecule has 1 aromatic rings. The van der Waals surface area contributed by atoms with E-state index in [0.29, 0.717) is 12.0 Å². The maximum atomic E-state index is 4.33. The minimum absolute atomic E-state index is 0.449. The van der Waals surface area contributed by atoms with Crippen molar-refractivity contribution in [1.82, 2.24) is 20.2 Å². The molecule has 6 heteroatoms. The normalized spacial score (nSPS) is 25.1. The van der Waals surface area contributed by atoms with Crippen LogP contribution in [-0.2, 0) is 6.54 Å².